The van der Waals surface area contributed by atoms with Gasteiger partial charge in [-0.25, -0.2) is 0 Å². The number of rotatable bonds is 6. The minimum Gasteiger partial charge on any atom is -0.350 e. The van der Waals surface area contributed by atoms with Crippen LogP contribution in [0.25, 0.3) is 0 Å². The summed E-state index contributed by atoms with van der Waals surface area (Å²) in [6.45, 7) is 2.01. The predicted octanol–water partition coefficient (Wildman–Crippen LogP) is 4.19. The van der Waals surface area contributed by atoms with Crippen molar-refractivity contribution in [3.05, 3.63) is 34.3 Å². The summed E-state index contributed by atoms with van der Waals surface area (Å²) in [5, 5.41) is 3.97. The van der Waals surface area contributed by atoms with Crippen LogP contribution in [0, 0.1) is 0 Å². The molecule has 0 saturated carbocycles. The fourth-order valence-corrected chi connectivity index (χ4v) is 2.19. The third-order valence-electron chi connectivity index (χ3n) is 2.53. The number of hydrogen-bond acceptors (Lipinski definition) is 1. The molecule has 0 heterocycles. The molecule has 0 aliphatic heterocycles. The molecule has 4 heteroatoms. The summed E-state index contributed by atoms with van der Waals surface area (Å²) in [5.74, 6) is 0.126. The third kappa shape index (κ3) is 5.68. The molecule has 1 amide bonds. The summed E-state index contributed by atoms with van der Waals surface area (Å²) in [6, 6.07) is 8.09. The lowest BCUT2D eigenvalue weighted by molar-refractivity contribution is -0.121. The average Bonchev–Trinajstić information content (AvgIpc) is 2.30. The molecule has 1 atom stereocenters. The number of carbonyl (C=O) groups excluding carboxylic acids is 1. The van der Waals surface area contributed by atoms with Crippen molar-refractivity contribution in [2.45, 2.75) is 32.2 Å². The zero-order valence-electron chi connectivity index (χ0n) is 9.88. The SMILES string of the molecule is C[C@@H](NC(=O)CCCCBr)c1ccc(Br)cc1. The molecule has 0 spiro atoms. The van der Waals surface area contributed by atoms with E-state index in [2.05, 4.69) is 37.2 Å². The minimum absolute atomic E-state index is 0.0690. The van der Waals surface area contributed by atoms with E-state index in [4.69, 9.17) is 0 Å². The van der Waals surface area contributed by atoms with Crippen LogP contribution < -0.4 is 5.32 Å². The molecule has 0 aliphatic carbocycles. The fourth-order valence-electron chi connectivity index (χ4n) is 1.53. The summed E-state index contributed by atoms with van der Waals surface area (Å²) in [7, 11) is 0. The molecule has 0 bridgehead atoms. The topological polar surface area (TPSA) is 29.1 Å². The van der Waals surface area contributed by atoms with Crippen LogP contribution in [0.3, 0.4) is 0 Å². The summed E-state index contributed by atoms with van der Waals surface area (Å²) in [5.41, 5.74) is 1.13. The van der Waals surface area contributed by atoms with Crippen LogP contribution in [0.5, 0.6) is 0 Å². The van der Waals surface area contributed by atoms with E-state index in [-0.39, 0.29) is 11.9 Å². The summed E-state index contributed by atoms with van der Waals surface area (Å²) < 4.78 is 1.05. The van der Waals surface area contributed by atoms with Crippen molar-refractivity contribution in [1.82, 2.24) is 5.32 Å². The van der Waals surface area contributed by atoms with Gasteiger partial charge < -0.3 is 5.32 Å². The smallest absolute Gasteiger partial charge is 0.220 e. The quantitative estimate of drug-likeness (QED) is 0.596. The molecular weight excluding hydrogens is 346 g/mol. The van der Waals surface area contributed by atoms with Crippen LogP contribution in [0.1, 0.15) is 37.8 Å². The molecule has 0 fully saturated rings. The number of amides is 1. The third-order valence-corrected chi connectivity index (χ3v) is 3.62. The Kier molecular flexibility index (Phi) is 6.82. The summed E-state index contributed by atoms with van der Waals surface area (Å²) >= 11 is 6.75. The molecule has 0 aliphatic rings. The van der Waals surface area contributed by atoms with E-state index >= 15 is 0 Å². The van der Waals surface area contributed by atoms with E-state index in [1.807, 2.05) is 31.2 Å². The monoisotopic (exact) mass is 361 g/mol. The first-order valence-electron chi connectivity index (χ1n) is 5.74. The second kappa shape index (κ2) is 7.88. The molecule has 1 N–H and O–H groups in total. The van der Waals surface area contributed by atoms with Crippen LogP contribution in [0.4, 0.5) is 0 Å². The molecule has 1 aromatic carbocycles. The Hall–Kier alpha value is -0.350. The van der Waals surface area contributed by atoms with Crippen molar-refractivity contribution < 1.29 is 4.79 Å². The first-order valence-corrected chi connectivity index (χ1v) is 7.65. The van der Waals surface area contributed by atoms with Crippen LogP contribution in [0.2, 0.25) is 0 Å². The number of benzene rings is 1. The zero-order chi connectivity index (χ0) is 12.7. The Labute approximate surface area is 119 Å². The average molecular weight is 363 g/mol. The van der Waals surface area contributed by atoms with Gasteiger partial charge in [-0.1, -0.05) is 44.0 Å². The van der Waals surface area contributed by atoms with Crippen LogP contribution >= 0.6 is 31.9 Å². The number of unbranched alkanes of at least 4 members (excludes halogenated alkanes) is 1. The minimum atomic E-state index is 0.0690. The molecule has 0 saturated heterocycles. The predicted molar refractivity (Wildman–Crippen MR) is 78.3 cm³/mol. The van der Waals surface area contributed by atoms with Crippen molar-refractivity contribution in [3.63, 3.8) is 0 Å². The maximum atomic E-state index is 11.6. The molecule has 0 aromatic heterocycles. The Morgan fingerprint density at radius 1 is 1.29 bits per heavy atom. The van der Waals surface area contributed by atoms with E-state index in [1.54, 1.807) is 0 Å². The molecule has 1 rings (SSSR count). The second-order valence-corrected chi connectivity index (χ2v) is 5.70. The van der Waals surface area contributed by atoms with Crippen LogP contribution in [-0.2, 0) is 4.79 Å². The van der Waals surface area contributed by atoms with Crippen molar-refractivity contribution in [2.75, 3.05) is 5.33 Å². The van der Waals surface area contributed by atoms with E-state index in [1.165, 1.54) is 0 Å². The van der Waals surface area contributed by atoms with E-state index in [0.717, 1.165) is 28.2 Å². The van der Waals surface area contributed by atoms with Gasteiger partial charge in [0.1, 0.15) is 0 Å². The van der Waals surface area contributed by atoms with Crippen molar-refractivity contribution >= 4 is 37.8 Å². The lowest BCUT2D eigenvalue weighted by Gasteiger charge is -2.14. The lowest BCUT2D eigenvalue weighted by atomic mass is 10.1. The van der Waals surface area contributed by atoms with Gasteiger partial charge in [0.25, 0.3) is 0 Å². The van der Waals surface area contributed by atoms with E-state index in [0.29, 0.717) is 6.42 Å². The molecular formula is C13H17Br2NO. The normalized spacial score (nSPS) is 12.2. The molecule has 0 radical (unpaired) electrons. The maximum absolute atomic E-state index is 11.6. The Morgan fingerprint density at radius 2 is 1.94 bits per heavy atom. The van der Waals surface area contributed by atoms with Crippen LogP contribution in [-0.4, -0.2) is 11.2 Å². The number of halogens is 2. The number of alkyl halides is 1. The van der Waals surface area contributed by atoms with Gasteiger partial charge in [-0.15, -0.1) is 0 Å². The highest BCUT2D eigenvalue weighted by molar-refractivity contribution is 9.10. The van der Waals surface area contributed by atoms with Gasteiger partial charge in [0.2, 0.25) is 5.91 Å². The van der Waals surface area contributed by atoms with Gasteiger partial charge in [-0.3, -0.25) is 4.79 Å². The standard InChI is InChI=1S/C13H17Br2NO/c1-10(11-5-7-12(15)8-6-11)16-13(17)4-2-3-9-14/h5-8,10H,2-4,9H2,1H3,(H,16,17)/t10-/m1/s1. The van der Waals surface area contributed by atoms with Gasteiger partial charge in [-0.05, 0) is 37.5 Å². The number of carbonyl (C=O) groups is 1. The van der Waals surface area contributed by atoms with Gasteiger partial charge >= 0.3 is 0 Å². The second-order valence-electron chi connectivity index (χ2n) is 3.99. The molecule has 2 nitrogen and oxygen atoms in total. The lowest BCUT2D eigenvalue weighted by Crippen LogP contribution is -2.26. The van der Waals surface area contributed by atoms with Crippen molar-refractivity contribution in [1.29, 1.82) is 0 Å². The number of hydrogen-bond donors (Lipinski definition) is 1. The van der Waals surface area contributed by atoms with E-state index < -0.39 is 0 Å². The van der Waals surface area contributed by atoms with Gasteiger partial charge in [0, 0.05) is 16.2 Å². The Balaban J connectivity index is 2.40. The van der Waals surface area contributed by atoms with Crippen molar-refractivity contribution in [2.24, 2.45) is 0 Å². The highest BCUT2D eigenvalue weighted by Crippen LogP contribution is 2.16. The summed E-state index contributed by atoms with van der Waals surface area (Å²) in [6.07, 6.45) is 2.58. The highest BCUT2D eigenvalue weighted by Gasteiger charge is 2.08. The van der Waals surface area contributed by atoms with Crippen LogP contribution in [0.15, 0.2) is 28.7 Å². The Morgan fingerprint density at radius 3 is 2.53 bits per heavy atom. The van der Waals surface area contributed by atoms with Gasteiger partial charge in [-0.2, -0.15) is 0 Å². The largest absolute Gasteiger partial charge is 0.350 e. The fraction of sp³-hybridized carbons (Fsp3) is 0.462. The highest BCUT2D eigenvalue weighted by atomic mass is 79.9. The zero-order valence-corrected chi connectivity index (χ0v) is 13.1. The Bertz CT molecular complexity index is 351. The molecule has 94 valence electrons. The maximum Gasteiger partial charge on any atom is 0.220 e. The molecule has 1 aromatic rings. The first-order chi connectivity index (χ1) is 8.13. The van der Waals surface area contributed by atoms with Gasteiger partial charge in [0.15, 0.2) is 0 Å². The van der Waals surface area contributed by atoms with Gasteiger partial charge in [0.05, 0.1) is 6.04 Å². The van der Waals surface area contributed by atoms with Crippen molar-refractivity contribution in [3.8, 4) is 0 Å². The number of nitrogens with one attached hydrogen (secondary N) is 1. The molecule has 17 heavy (non-hydrogen) atoms. The molecule has 0 unspecified atom stereocenters. The summed E-state index contributed by atoms with van der Waals surface area (Å²) in [4.78, 5) is 11.6. The first kappa shape index (κ1) is 14.7. The van der Waals surface area contributed by atoms with E-state index in [9.17, 15) is 4.79 Å².